The Balaban J connectivity index is 1.67. The van der Waals surface area contributed by atoms with Crippen molar-refractivity contribution in [1.82, 2.24) is 10.6 Å². The molecule has 0 spiro atoms. The third kappa shape index (κ3) is 2.77. The average molecular weight is 261 g/mol. The Morgan fingerprint density at radius 3 is 3.00 bits per heavy atom. The minimum absolute atomic E-state index is 0.850. The van der Waals surface area contributed by atoms with Crippen LogP contribution >= 0.6 is 27.3 Å². The molecule has 0 radical (unpaired) electrons. The molecule has 2 heterocycles. The van der Waals surface area contributed by atoms with E-state index in [9.17, 15) is 0 Å². The molecule has 2 nitrogen and oxygen atoms in total. The van der Waals surface area contributed by atoms with Gasteiger partial charge in [-0.1, -0.05) is 0 Å². The Morgan fingerprint density at radius 2 is 2.46 bits per heavy atom. The van der Waals surface area contributed by atoms with Crippen LogP contribution < -0.4 is 10.6 Å². The van der Waals surface area contributed by atoms with Crippen molar-refractivity contribution in [1.29, 1.82) is 0 Å². The molecule has 0 saturated carbocycles. The van der Waals surface area contributed by atoms with Crippen LogP contribution in [0.15, 0.2) is 15.9 Å². The molecule has 0 unspecified atom stereocenters. The highest BCUT2D eigenvalue weighted by molar-refractivity contribution is 9.10. The normalized spacial score (nSPS) is 17.3. The molecule has 13 heavy (non-hydrogen) atoms. The van der Waals surface area contributed by atoms with Gasteiger partial charge >= 0.3 is 0 Å². The maximum absolute atomic E-state index is 3.47. The molecule has 1 aromatic rings. The van der Waals surface area contributed by atoms with Crippen molar-refractivity contribution >= 4 is 27.3 Å². The van der Waals surface area contributed by atoms with Crippen molar-refractivity contribution in [2.24, 2.45) is 5.92 Å². The summed E-state index contributed by atoms with van der Waals surface area (Å²) in [6.45, 7) is 4.51. The van der Waals surface area contributed by atoms with Gasteiger partial charge in [0.15, 0.2) is 0 Å². The standard InChI is InChI=1S/C9H13BrN2S/c10-8-1-9(13-6-8)5-12-4-7-2-11-3-7/h1,6-7,11-12H,2-5H2. The Bertz CT molecular complexity index is 270. The van der Waals surface area contributed by atoms with E-state index >= 15 is 0 Å². The minimum Gasteiger partial charge on any atom is -0.316 e. The summed E-state index contributed by atoms with van der Waals surface area (Å²) in [5.41, 5.74) is 0. The molecule has 1 fully saturated rings. The van der Waals surface area contributed by atoms with E-state index in [0.29, 0.717) is 0 Å². The molecular formula is C9H13BrN2S. The van der Waals surface area contributed by atoms with E-state index in [2.05, 4.69) is 38.0 Å². The van der Waals surface area contributed by atoms with Gasteiger partial charge in [-0.15, -0.1) is 11.3 Å². The molecule has 0 bridgehead atoms. The Labute approximate surface area is 90.9 Å². The largest absolute Gasteiger partial charge is 0.316 e. The number of nitrogens with one attached hydrogen (secondary N) is 2. The molecule has 4 heteroatoms. The SMILES string of the molecule is Brc1csc(CNCC2CNC2)c1. The molecular weight excluding hydrogens is 248 g/mol. The van der Waals surface area contributed by atoms with E-state index in [4.69, 9.17) is 0 Å². The van der Waals surface area contributed by atoms with Gasteiger partial charge in [0, 0.05) is 40.9 Å². The highest BCUT2D eigenvalue weighted by Crippen LogP contribution is 2.19. The molecule has 0 amide bonds. The molecule has 0 atom stereocenters. The summed E-state index contributed by atoms with van der Waals surface area (Å²) >= 11 is 5.25. The molecule has 1 aromatic heterocycles. The Kier molecular flexibility index (Phi) is 3.38. The molecule has 1 aliphatic rings. The van der Waals surface area contributed by atoms with Gasteiger partial charge in [0.05, 0.1) is 0 Å². The number of halogens is 1. The van der Waals surface area contributed by atoms with Crippen molar-refractivity contribution in [3.8, 4) is 0 Å². The lowest BCUT2D eigenvalue weighted by atomic mass is 10.0. The number of hydrogen-bond donors (Lipinski definition) is 2. The first-order valence-corrected chi connectivity index (χ1v) is 6.16. The van der Waals surface area contributed by atoms with Crippen molar-refractivity contribution in [3.63, 3.8) is 0 Å². The van der Waals surface area contributed by atoms with Crippen LogP contribution in [0.5, 0.6) is 0 Å². The van der Waals surface area contributed by atoms with Crippen LogP contribution in [0.2, 0.25) is 0 Å². The molecule has 0 aromatic carbocycles. The molecule has 2 rings (SSSR count). The summed E-state index contributed by atoms with van der Waals surface area (Å²) in [7, 11) is 0. The first kappa shape index (κ1) is 9.65. The van der Waals surface area contributed by atoms with E-state index in [-0.39, 0.29) is 0 Å². The monoisotopic (exact) mass is 260 g/mol. The van der Waals surface area contributed by atoms with Gasteiger partial charge in [0.2, 0.25) is 0 Å². The third-order valence-corrected chi connectivity index (χ3v) is 3.92. The van der Waals surface area contributed by atoms with Crippen LogP contribution in [-0.4, -0.2) is 19.6 Å². The zero-order valence-electron chi connectivity index (χ0n) is 7.35. The summed E-state index contributed by atoms with van der Waals surface area (Å²) in [5, 5.41) is 8.86. The van der Waals surface area contributed by atoms with Gasteiger partial charge in [-0.2, -0.15) is 0 Å². The van der Waals surface area contributed by atoms with Crippen molar-refractivity contribution in [2.45, 2.75) is 6.54 Å². The second-order valence-electron chi connectivity index (χ2n) is 3.39. The first-order valence-electron chi connectivity index (χ1n) is 4.49. The number of rotatable bonds is 4. The Morgan fingerprint density at radius 1 is 1.62 bits per heavy atom. The number of thiophene rings is 1. The van der Waals surface area contributed by atoms with Gasteiger partial charge in [0.25, 0.3) is 0 Å². The lowest BCUT2D eigenvalue weighted by molar-refractivity contribution is 0.331. The molecule has 1 aliphatic heterocycles. The lowest BCUT2D eigenvalue weighted by Crippen LogP contribution is -2.46. The second-order valence-corrected chi connectivity index (χ2v) is 5.30. The van der Waals surface area contributed by atoms with E-state index in [1.54, 1.807) is 11.3 Å². The van der Waals surface area contributed by atoms with Crippen LogP contribution in [0.3, 0.4) is 0 Å². The summed E-state index contributed by atoms with van der Waals surface area (Å²) in [5.74, 6) is 0.850. The van der Waals surface area contributed by atoms with Gasteiger partial charge in [0.1, 0.15) is 0 Å². The fourth-order valence-electron chi connectivity index (χ4n) is 1.34. The van der Waals surface area contributed by atoms with Gasteiger partial charge in [-0.05, 0) is 27.9 Å². The summed E-state index contributed by atoms with van der Waals surface area (Å²) in [4.78, 5) is 1.40. The zero-order chi connectivity index (χ0) is 9.10. The predicted molar refractivity (Wildman–Crippen MR) is 60.1 cm³/mol. The lowest BCUT2D eigenvalue weighted by Gasteiger charge is -2.27. The Hall–Kier alpha value is 0.1000. The number of hydrogen-bond acceptors (Lipinski definition) is 3. The van der Waals surface area contributed by atoms with Crippen LogP contribution in [0.25, 0.3) is 0 Å². The quantitative estimate of drug-likeness (QED) is 0.864. The highest BCUT2D eigenvalue weighted by Gasteiger charge is 2.15. The topological polar surface area (TPSA) is 24.1 Å². The molecule has 1 saturated heterocycles. The highest BCUT2D eigenvalue weighted by atomic mass is 79.9. The predicted octanol–water partition coefficient (Wildman–Crippen LogP) is 1.82. The van der Waals surface area contributed by atoms with Crippen LogP contribution in [0.4, 0.5) is 0 Å². The maximum Gasteiger partial charge on any atom is 0.0300 e. The fourth-order valence-corrected chi connectivity index (χ4v) is 2.76. The first-order chi connectivity index (χ1) is 6.34. The molecule has 72 valence electrons. The molecule has 2 N–H and O–H groups in total. The van der Waals surface area contributed by atoms with Crippen LogP contribution in [0, 0.1) is 5.92 Å². The smallest absolute Gasteiger partial charge is 0.0300 e. The second kappa shape index (κ2) is 4.55. The van der Waals surface area contributed by atoms with E-state index in [1.807, 2.05) is 0 Å². The summed E-state index contributed by atoms with van der Waals surface area (Å²) in [6, 6.07) is 2.18. The summed E-state index contributed by atoms with van der Waals surface area (Å²) < 4.78 is 1.19. The maximum atomic E-state index is 3.47. The van der Waals surface area contributed by atoms with E-state index in [1.165, 1.54) is 22.4 Å². The summed E-state index contributed by atoms with van der Waals surface area (Å²) in [6.07, 6.45) is 0. The average Bonchev–Trinajstić information content (AvgIpc) is 2.42. The van der Waals surface area contributed by atoms with E-state index in [0.717, 1.165) is 19.0 Å². The van der Waals surface area contributed by atoms with Crippen molar-refractivity contribution < 1.29 is 0 Å². The van der Waals surface area contributed by atoms with E-state index < -0.39 is 0 Å². The van der Waals surface area contributed by atoms with Crippen molar-refractivity contribution in [3.05, 3.63) is 20.8 Å². The van der Waals surface area contributed by atoms with Gasteiger partial charge in [-0.3, -0.25) is 0 Å². The van der Waals surface area contributed by atoms with Gasteiger partial charge in [-0.25, -0.2) is 0 Å². The van der Waals surface area contributed by atoms with Crippen molar-refractivity contribution in [2.75, 3.05) is 19.6 Å². The zero-order valence-corrected chi connectivity index (χ0v) is 9.75. The minimum atomic E-state index is 0.850. The fraction of sp³-hybridized carbons (Fsp3) is 0.556. The van der Waals surface area contributed by atoms with Crippen LogP contribution in [0.1, 0.15) is 4.88 Å². The third-order valence-electron chi connectivity index (χ3n) is 2.22. The molecule has 0 aliphatic carbocycles. The van der Waals surface area contributed by atoms with Gasteiger partial charge < -0.3 is 10.6 Å². The van der Waals surface area contributed by atoms with Crippen LogP contribution in [-0.2, 0) is 6.54 Å².